The van der Waals surface area contributed by atoms with Crippen LogP contribution in [-0.4, -0.2) is 27.5 Å². The molecule has 0 saturated carbocycles. The monoisotopic (exact) mass is 250 g/mol. The molecule has 1 aliphatic rings. The first-order chi connectivity index (χ1) is 8.56. The van der Waals surface area contributed by atoms with Crippen LogP contribution in [-0.2, 0) is 11.3 Å². The number of ketones is 1. The van der Waals surface area contributed by atoms with Gasteiger partial charge in [-0.05, 0) is 26.2 Å². The number of aromatic nitrogens is 2. The second-order valence-electron chi connectivity index (χ2n) is 5.24. The maximum absolute atomic E-state index is 12.6. The number of aryl methyl sites for hydroxylation is 1. The second-order valence-corrected chi connectivity index (χ2v) is 5.24. The van der Waals surface area contributed by atoms with Gasteiger partial charge in [-0.1, -0.05) is 13.8 Å². The quantitative estimate of drug-likeness (QED) is 0.771. The van der Waals surface area contributed by atoms with Crippen LogP contribution in [0.15, 0.2) is 12.4 Å². The molecular formula is C14H22N2O2. The normalized spacial score (nSPS) is 31.8. The molecule has 100 valence electrons. The summed E-state index contributed by atoms with van der Waals surface area (Å²) in [6, 6.07) is 0. The molecule has 0 amide bonds. The van der Waals surface area contributed by atoms with Crippen LogP contribution in [0.2, 0.25) is 0 Å². The zero-order valence-corrected chi connectivity index (χ0v) is 11.6. The van der Waals surface area contributed by atoms with Crippen molar-refractivity contribution in [1.82, 2.24) is 9.55 Å². The van der Waals surface area contributed by atoms with Gasteiger partial charge in [0.1, 0.15) is 0 Å². The van der Waals surface area contributed by atoms with Gasteiger partial charge in [-0.3, -0.25) is 4.79 Å². The van der Waals surface area contributed by atoms with E-state index in [2.05, 4.69) is 18.8 Å². The smallest absolute Gasteiger partial charge is 0.204 e. The lowest BCUT2D eigenvalue weighted by Crippen LogP contribution is -2.29. The maximum Gasteiger partial charge on any atom is 0.204 e. The Bertz CT molecular complexity index is 427. The maximum atomic E-state index is 12.6. The predicted molar refractivity (Wildman–Crippen MR) is 69.5 cm³/mol. The summed E-state index contributed by atoms with van der Waals surface area (Å²) in [7, 11) is 0. The zero-order valence-electron chi connectivity index (χ0n) is 11.6. The van der Waals surface area contributed by atoms with Crippen molar-refractivity contribution in [2.45, 2.75) is 52.9 Å². The number of hydrogen-bond acceptors (Lipinski definition) is 3. The SMILES string of the molecule is CCCn1ccnc1C(=O)C1C(C)OC(C)C1C. The van der Waals surface area contributed by atoms with Crippen LogP contribution >= 0.6 is 0 Å². The summed E-state index contributed by atoms with van der Waals surface area (Å²) in [4.78, 5) is 16.8. The molecule has 0 spiro atoms. The van der Waals surface area contributed by atoms with Crippen molar-refractivity contribution in [3.63, 3.8) is 0 Å². The highest BCUT2D eigenvalue weighted by atomic mass is 16.5. The number of carbonyl (C=O) groups excluding carboxylic acids is 1. The average molecular weight is 250 g/mol. The lowest BCUT2D eigenvalue weighted by Gasteiger charge is -2.17. The summed E-state index contributed by atoms with van der Waals surface area (Å²) in [6.07, 6.45) is 4.71. The van der Waals surface area contributed by atoms with E-state index in [4.69, 9.17) is 4.74 Å². The minimum Gasteiger partial charge on any atom is -0.374 e. The molecule has 1 aromatic rings. The van der Waals surface area contributed by atoms with E-state index in [0.717, 1.165) is 13.0 Å². The number of imidazole rings is 1. The molecule has 4 heteroatoms. The molecule has 1 fully saturated rings. The topological polar surface area (TPSA) is 44.1 Å². The van der Waals surface area contributed by atoms with E-state index < -0.39 is 0 Å². The van der Waals surface area contributed by atoms with Crippen LogP contribution in [0.25, 0.3) is 0 Å². The number of carbonyl (C=O) groups is 1. The Morgan fingerprint density at radius 1 is 1.39 bits per heavy atom. The number of ether oxygens (including phenoxy) is 1. The number of Topliss-reactive ketones (excluding diaryl/α,β-unsaturated/α-hetero) is 1. The highest BCUT2D eigenvalue weighted by Crippen LogP contribution is 2.34. The van der Waals surface area contributed by atoms with E-state index in [9.17, 15) is 4.79 Å². The van der Waals surface area contributed by atoms with Gasteiger partial charge in [0.05, 0.1) is 18.1 Å². The van der Waals surface area contributed by atoms with Gasteiger partial charge in [0.2, 0.25) is 5.78 Å². The first kappa shape index (κ1) is 13.3. The van der Waals surface area contributed by atoms with Crippen LogP contribution in [0.3, 0.4) is 0 Å². The molecule has 0 bridgehead atoms. The van der Waals surface area contributed by atoms with Crippen LogP contribution in [0.1, 0.15) is 44.7 Å². The van der Waals surface area contributed by atoms with Gasteiger partial charge in [-0.15, -0.1) is 0 Å². The fourth-order valence-electron chi connectivity index (χ4n) is 2.82. The molecule has 0 N–H and O–H groups in total. The number of nitrogens with zero attached hydrogens (tertiary/aromatic N) is 2. The summed E-state index contributed by atoms with van der Waals surface area (Å²) in [6.45, 7) is 9.04. The molecule has 1 aromatic heterocycles. The zero-order chi connectivity index (χ0) is 13.3. The van der Waals surface area contributed by atoms with E-state index in [0.29, 0.717) is 5.82 Å². The van der Waals surface area contributed by atoms with E-state index in [1.165, 1.54) is 0 Å². The third-order valence-corrected chi connectivity index (χ3v) is 3.95. The molecule has 18 heavy (non-hydrogen) atoms. The lowest BCUT2D eigenvalue weighted by atomic mass is 9.85. The number of rotatable bonds is 4. The van der Waals surface area contributed by atoms with E-state index in [1.807, 2.05) is 24.6 Å². The molecule has 1 aliphatic heterocycles. The highest BCUT2D eigenvalue weighted by Gasteiger charge is 2.42. The molecule has 4 atom stereocenters. The fourth-order valence-corrected chi connectivity index (χ4v) is 2.82. The minimum atomic E-state index is -0.0713. The van der Waals surface area contributed by atoms with E-state index in [-0.39, 0.29) is 29.8 Å². The Kier molecular flexibility index (Phi) is 3.85. The van der Waals surface area contributed by atoms with Crippen molar-refractivity contribution in [2.75, 3.05) is 0 Å². The van der Waals surface area contributed by atoms with Gasteiger partial charge >= 0.3 is 0 Å². The third kappa shape index (κ3) is 2.21. The Hall–Kier alpha value is -1.16. The van der Waals surface area contributed by atoms with Gasteiger partial charge in [-0.2, -0.15) is 0 Å². The summed E-state index contributed by atoms with van der Waals surface area (Å²) >= 11 is 0. The molecule has 2 rings (SSSR count). The van der Waals surface area contributed by atoms with Crippen molar-refractivity contribution in [3.8, 4) is 0 Å². The van der Waals surface area contributed by atoms with Crippen molar-refractivity contribution in [1.29, 1.82) is 0 Å². The average Bonchev–Trinajstić information content (AvgIpc) is 2.86. The fraction of sp³-hybridized carbons (Fsp3) is 0.714. The summed E-state index contributed by atoms with van der Waals surface area (Å²) < 4.78 is 7.70. The van der Waals surface area contributed by atoms with Crippen molar-refractivity contribution >= 4 is 5.78 Å². The first-order valence-corrected chi connectivity index (χ1v) is 6.77. The van der Waals surface area contributed by atoms with Crippen molar-refractivity contribution in [3.05, 3.63) is 18.2 Å². The summed E-state index contributed by atoms with van der Waals surface area (Å²) in [5.41, 5.74) is 0. The Labute approximate surface area is 108 Å². The van der Waals surface area contributed by atoms with E-state index in [1.54, 1.807) is 6.20 Å². The Morgan fingerprint density at radius 3 is 2.67 bits per heavy atom. The van der Waals surface area contributed by atoms with Crippen molar-refractivity contribution in [2.24, 2.45) is 11.8 Å². The Balaban J connectivity index is 2.23. The van der Waals surface area contributed by atoms with Crippen molar-refractivity contribution < 1.29 is 9.53 Å². The summed E-state index contributed by atoms with van der Waals surface area (Å²) in [5.74, 6) is 0.883. The third-order valence-electron chi connectivity index (χ3n) is 3.95. The molecule has 0 aromatic carbocycles. The largest absolute Gasteiger partial charge is 0.374 e. The molecule has 0 radical (unpaired) electrons. The Morgan fingerprint density at radius 2 is 2.11 bits per heavy atom. The van der Waals surface area contributed by atoms with Gasteiger partial charge in [0, 0.05) is 18.9 Å². The second kappa shape index (κ2) is 5.22. The molecular weight excluding hydrogens is 228 g/mol. The van der Waals surface area contributed by atoms with Gasteiger partial charge < -0.3 is 9.30 Å². The molecule has 4 nitrogen and oxygen atoms in total. The van der Waals surface area contributed by atoms with Gasteiger partial charge in [0.15, 0.2) is 5.82 Å². The van der Waals surface area contributed by atoms with Crippen LogP contribution in [0, 0.1) is 11.8 Å². The number of hydrogen-bond donors (Lipinski definition) is 0. The molecule has 0 aliphatic carbocycles. The minimum absolute atomic E-state index is 0.0192. The van der Waals surface area contributed by atoms with E-state index >= 15 is 0 Å². The lowest BCUT2D eigenvalue weighted by molar-refractivity contribution is 0.0488. The standard InChI is InChI=1S/C14H22N2O2/c1-5-7-16-8-6-15-14(16)13(17)12-9(2)10(3)18-11(12)4/h6,8-12H,5,7H2,1-4H3. The van der Waals surface area contributed by atoms with Crippen LogP contribution < -0.4 is 0 Å². The summed E-state index contributed by atoms with van der Waals surface area (Å²) in [5, 5.41) is 0. The molecule has 4 unspecified atom stereocenters. The predicted octanol–water partition coefficient (Wildman–Crippen LogP) is 2.54. The molecule has 1 saturated heterocycles. The van der Waals surface area contributed by atoms with Gasteiger partial charge in [-0.25, -0.2) is 4.98 Å². The van der Waals surface area contributed by atoms with Crippen LogP contribution in [0.4, 0.5) is 0 Å². The first-order valence-electron chi connectivity index (χ1n) is 6.77. The highest BCUT2D eigenvalue weighted by molar-refractivity contribution is 5.95. The van der Waals surface area contributed by atoms with Crippen LogP contribution in [0.5, 0.6) is 0 Å². The molecule has 2 heterocycles. The van der Waals surface area contributed by atoms with Gasteiger partial charge in [0.25, 0.3) is 0 Å².